The molecule has 3 aromatic heterocycles. The van der Waals surface area contributed by atoms with Crippen LogP contribution < -0.4 is 0 Å². The Morgan fingerprint density at radius 1 is 0.440 bits per heavy atom. The number of aromatic nitrogens is 5. The summed E-state index contributed by atoms with van der Waals surface area (Å²) in [4.78, 5) is 19.9. The van der Waals surface area contributed by atoms with E-state index in [-0.39, 0.29) is 0 Å². The molecule has 5 heteroatoms. The monoisotopic (exact) mass is 637 g/mol. The van der Waals surface area contributed by atoms with Gasteiger partial charge in [-0.2, -0.15) is 0 Å². The van der Waals surface area contributed by atoms with E-state index in [9.17, 15) is 0 Å². The van der Waals surface area contributed by atoms with Gasteiger partial charge in [0.05, 0.1) is 22.1 Å². The largest absolute Gasteiger partial charge is 0.309 e. The van der Waals surface area contributed by atoms with Gasteiger partial charge >= 0.3 is 0 Å². The van der Waals surface area contributed by atoms with Crippen molar-refractivity contribution in [2.24, 2.45) is 0 Å². The van der Waals surface area contributed by atoms with Crippen LogP contribution in [-0.2, 0) is 5.41 Å². The Hall–Kier alpha value is -6.72. The number of pyridine rings is 1. The van der Waals surface area contributed by atoms with Crippen molar-refractivity contribution in [2.75, 3.05) is 0 Å². The lowest BCUT2D eigenvalue weighted by Crippen LogP contribution is -2.33. The van der Waals surface area contributed by atoms with Gasteiger partial charge in [-0.3, -0.25) is 4.98 Å². The Morgan fingerprint density at radius 2 is 1.06 bits per heavy atom. The zero-order valence-corrected chi connectivity index (χ0v) is 26.8. The van der Waals surface area contributed by atoms with Gasteiger partial charge in [-0.15, -0.1) is 0 Å². The molecule has 6 aromatic carbocycles. The van der Waals surface area contributed by atoms with E-state index in [1.807, 2.05) is 48.5 Å². The molecule has 4 heterocycles. The van der Waals surface area contributed by atoms with Crippen molar-refractivity contribution in [3.63, 3.8) is 0 Å². The van der Waals surface area contributed by atoms with Crippen molar-refractivity contribution in [2.45, 2.75) is 5.41 Å². The molecular weight excluding hydrogens is 611 g/mol. The average molecular weight is 638 g/mol. The van der Waals surface area contributed by atoms with Crippen LogP contribution in [0.3, 0.4) is 0 Å². The smallest absolute Gasteiger partial charge is 0.182 e. The van der Waals surface area contributed by atoms with E-state index in [0.29, 0.717) is 23.2 Å². The molecule has 0 N–H and O–H groups in total. The molecule has 1 aliphatic heterocycles. The molecule has 0 unspecified atom stereocenters. The Morgan fingerprint density at radius 3 is 1.82 bits per heavy atom. The number of rotatable bonds is 3. The van der Waals surface area contributed by atoms with Gasteiger partial charge in [0.15, 0.2) is 17.5 Å². The van der Waals surface area contributed by atoms with E-state index in [2.05, 4.69) is 119 Å². The highest BCUT2D eigenvalue weighted by Crippen LogP contribution is 2.61. The normalized spacial score (nSPS) is 13.4. The number of hydrogen-bond donors (Lipinski definition) is 0. The van der Waals surface area contributed by atoms with Crippen molar-refractivity contribution in [1.82, 2.24) is 24.5 Å². The van der Waals surface area contributed by atoms with Gasteiger partial charge in [-0.25, -0.2) is 15.0 Å². The lowest BCUT2D eigenvalue weighted by atomic mass is 9.65. The van der Waals surface area contributed by atoms with E-state index in [4.69, 9.17) is 15.0 Å². The minimum atomic E-state index is -0.554. The van der Waals surface area contributed by atoms with Crippen LogP contribution in [0.4, 0.5) is 0 Å². The summed E-state index contributed by atoms with van der Waals surface area (Å²) >= 11 is 0. The van der Waals surface area contributed by atoms with Crippen LogP contribution in [0.15, 0.2) is 164 Å². The third kappa shape index (κ3) is 3.55. The topological polar surface area (TPSA) is 56.5 Å². The Kier molecular flexibility index (Phi) is 5.53. The molecule has 0 saturated heterocycles. The molecule has 0 fully saturated rings. The molecule has 0 radical (unpaired) electrons. The minimum absolute atomic E-state index is 0.544. The summed E-state index contributed by atoms with van der Waals surface area (Å²) in [6.45, 7) is 0. The lowest BCUT2D eigenvalue weighted by molar-refractivity contribution is 0.748. The van der Waals surface area contributed by atoms with Crippen molar-refractivity contribution in [3.8, 4) is 51.1 Å². The molecule has 0 atom stereocenters. The van der Waals surface area contributed by atoms with Gasteiger partial charge in [0.25, 0.3) is 0 Å². The third-order valence-corrected chi connectivity index (χ3v) is 10.5. The molecule has 0 saturated carbocycles. The van der Waals surface area contributed by atoms with Crippen LogP contribution in [0.2, 0.25) is 0 Å². The summed E-state index contributed by atoms with van der Waals surface area (Å²) in [7, 11) is 0. The molecule has 11 rings (SSSR count). The van der Waals surface area contributed by atoms with Crippen molar-refractivity contribution < 1.29 is 0 Å². The molecule has 9 aromatic rings. The van der Waals surface area contributed by atoms with Crippen molar-refractivity contribution in [1.29, 1.82) is 0 Å². The van der Waals surface area contributed by atoms with Gasteiger partial charge in [0, 0.05) is 28.1 Å². The second-order valence-electron chi connectivity index (χ2n) is 13.0. The Balaban J connectivity index is 1.31. The van der Waals surface area contributed by atoms with Crippen LogP contribution in [0.1, 0.15) is 22.3 Å². The highest BCUT2D eigenvalue weighted by atomic mass is 15.0. The molecule has 1 aliphatic carbocycles. The van der Waals surface area contributed by atoms with Crippen LogP contribution in [0, 0.1) is 0 Å². The van der Waals surface area contributed by atoms with Crippen LogP contribution >= 0.6 is 0 Å². The van der Waals surface area contributed by atoms with Crippen LogP contribution in [0.25, 0.3) is 72.9 Å². The molecule has 2 aliphatic rings. The van der Waals surface area contributed by atoms with Gasteiger partial charge < -0.3 is 4.57 Å². The third-order valence-electron chi connectivity index (χ3n) is 10.5. The number of para-hydroxylation sites is 2. The zero-order chi connectivity index (χ0) is 32.8. The summed E-state index contributed by atoms with van der Waals surface area (Å²) in [5, 5.41) is 2.37. The zero-order valence-electron chi connectivity index (χ0n) is 26.8. The minimum Gasteiger partial charge on any atom is -0.309 e. The SMILES string of the molecule is c1ccc(-c2nc(-c3cc4c5c(c3)c3ccccc3n5-c3ccccc3C43c4ccccc4-c4ccccc43)nc(-c3ccccn3)n2)cc1. The van der Waals surface area contributed by atoms with E-state index < -0.39 is 5.41 Å². The Bertz CT molecular complexity index is 2720. The number of fused-ring (bicyclic) bond motifs is 12. The molecule has 5 nitrogen and oxygen atoms in total. The van der Waals surface area contributed by atoms with Gasteiger partial charge in [-0.1, -0.05) is 121 Å². The maximum Gasteiger partial charge on any atom is 0.182 e. The predicted molar refractivity (Wildman–Crippen MR) is 199 cm³/mol. The molecule has 0 amide bonds. The van der Waals surface area contributed by atoms with Crippen molar-refractivity contribution in [3.05, 3.63) is 186 Å². The Labute approximate surface area is 288 Å². The predicted octanol–water partition coefficient (Wildman–Crippen LogP) is 10.0. The first-order valence-electron chi connectivity index (χ1n) is 16.9. The first-order valence-corrected chi connectivity index (χ1v) is 16.9. The molecule has 0 bridgehead atoms. The van der Waals surface area contributed by atoms with E-state index >= 15 is 0 Å². The number of nitrogens with zero attached hydrogens (tertiary/aromatic N) is 5. The summed E-state index contributed by atoms with van der Waals surface area (Å²) in [5.74, 6) is 1.77. The number of hydrogen-bond acceptors (Lipinski definition) is 4. The van der Waals surface area contributed by atoms with Gasteiger partial charge in [0.1, 0.15) is 5.69 Å². The number of benzene rings is 6. The fourth-order valence-corrected chi connectivity index (χ4v) is 8.54. The highest BCUT2D eigenvalue weighted by Gasteiger charge is 2.50. The lowest BCUT2D eigenvalue weighted by Gasteiger charge is -2.39. The van der Waals surface area contributed by atoms with E-state index in [1.54, 1.807) is 6.20 Å². The van der Waals surface area contributed by atoms with E-state index in [0.717, 1.165) is 11.1 Å². The average Bonchev–Trinajstić information content (AvgIpc) is 3.69. The second kappa shape index (κ2) is 10.1. The summed E-state index contributed by atoms with van der Waals surface area (Å²) < 4.78 is 2.47. The second-order valence-corrected chi connectivity index (χ2v) is 13.0. The highest BCUT2D eigenvalue weighted by molar-refractivity contribution is 6.14. The van der Waals surface area contributed by atoms with Crippen molar-refractivity contribution >= 4 is 21.8 Å². The van der Waals surface area contributed by atoms with Crippen LogP contribution in [-0.4, -0.2) is 24.5 Å². The fraction of sp³-hybridized carbons (Fsp3) is 0.0222. The molecular formula is C45H27N5. The molecule has 232 valence electrons. The summed E-state index contributed by atoms with van der Waals surface area (Å²) in [6.07, 6.45) is 1.78. The van der Waals surface area contributed by atoms with Crippen LogP contribution in [0.5, 0.6) is 0 Å². The molecule has 50 heavy (non-hydrogen) atoms. The summed E-state index contributed by atoms with van der Waals surface area (Å²) in [5.41, 5.74) is 13.2. The van der Waals surface area contributed by atoms with Gasteiger partial charge in [0.2, 0.25) is 0 Å². The first-order chi connectivity index (χ1) is 24.8. The standard InChI is InChI=1S/C45H27N5/c1-2-14-28(15-3-1)42-47-43(49-44(48-42)38-22-12-13-25-46-38)29-26-33-32-18-6-10-23-39(32)50-40-24-11-9-21-36(40)45(37(27-29)41(33)50)34-19-7-4-16-30(34)31-17-5-8-20-35(31)45/h1-27H. The molecule has 1 spiro atoms. The first kappa shape index (κ1) is 27.3. The quantitative estimate of drug-likeness (QED) is 0.194. The summed E-state index contributed by atoms with van der Waals surface area (Å²) in [6, 6.07) is 56.1. The fourth-order valence-electron chi connectivity index (χ4n) is 8.54. The van der Waals surface area contributed by atoms with E-state index in [1.165, 1.54) is 60.9 Å². The maximum absolute atomic E-state index is 5.18. The van der Waals surface area contributed by atoms with Gasteiger partial charge in [-0.05, 0) is 69.8 Å². The maximum atomic E-state index is 5.18.